The summed E-state index contributed by atoms with van der Waals surface area (Å²) in [5.74, 6) is -0.267. The monoisotopic (exact) mass is 442 g/mol. The van der Waals surface area contributed by atoms with Gasteiger partial charge in [0.15, 0.2) is 0 Å². The van der Waals surface area contributed by atoms with E-state index in [1.807, 2.05) is 30.3 Å². The molecule has 0 aliphatic carbocycles. The quantitative estimate of drug-likeness (QED) is 0.461. The van der Waals surface area contributed by atoms with Gasteiger partial charge in [0.2, 0.25) is 0 Å². The van der Waals surface area contributed by atoms with Gasteiger partial charge in [0, 0.05) is 12.1 Å². The number of ether oxygens (including phenoxy) is 1. The van der Waals surface area contributed by atoms with Crippen molar-refractivity contribution in [2.45, 2.75) is 17.7 Å². The third kappa shape index (κ3) is 6.55. The molecule has 162 valence electrons. The van der Waals surface area contributed by atoms with E-state index >= 15 is 0 Å². The smallest absolute Gasteiger partial charge is 0.262 e. The van der Waals surface area contributed by atoms with Crippen molar-refractivity contribution in [3.63, 3.8) is 0 Å². The molecule has 0 spiro atoms. The molecule has 0 aromatic heterocycles. The highest BCUT2D eigenvalue weighted by molar-refractivity contribution is 7.92. The van der Waals surface area contributed by atoms with Crippen molar-refractivity contribution in [2.75, 3.05) is 17.9 Å². The van der Waals surface area contributed by atoms with Gasteiger partial charge in [-0.05, 0) is 55.3 Å². The van der Waals surface area contributed by atoms with Crippen LogP contribution >= 0.6 is 0 Å². The van der Waals surface area contributed by atoms with E-state index in [2.05, 4.69) is 10.0 Å². The molecule has 0 saturated carbocycles. The summed E-state index contributed by atoms with van der Waals surface area (Å²) in [5, 5.41) is 2.77. The number of carbonyl (C=O) groups is 1. The van der Waals surface area contributed by atoms with Crippen LogP contribution < -0.4 is 14.8 Å². The van der Waals surface area contributed by atoms with E-state index in [0.717, 1.165) is 18.2 Å². The number of amides is 1. The molecule has 0 aliphatic heterocycles. The highest BCUT2D eigenvalue weighted by Gasteiger charge is 2.18. The molecule has 3 rings (SSSR count). The Morgan fingerprint density at radius 3 is 2.42 bits per heavy atom. The molecular formula is C23H23FN2O4S. The van der Waals surface area contributed by atoms with Crippen molar-refractivity contribution >= 4 is 21.6 Å². The number of para-hydroxylation sites is 2. The third-order valence-electron chi connectivity index (χ3n) is 4.39. The zero-order chi connectivity index (χ0) is 22.1. The van der Waals surface area contributed by atoms with Gasteiger partial charge in [0.05, 0.1) is 17.2 Å². The Balaban J connectivity index is 1.51. The first-order valence-electron chi connectivity index (χ1n) is 9.79. The molecule has 31 heavy (non-hydrogen) atoms. The summed E-state index contributed by atoms with van der Waals surface area (Å²) < 4.78 is 46.7. The van der Waals surface area contributed by atoms with Crippen LogP contribution in [0.3, 0.4) is 0 Å². The maximum atomic E-state index is 13.8. The molecule has 1 amide bonds. The molecule has 0 fully saturated rings. The highest BCUT2D eigenvalue weighted by atomic mass is 32.2. The molecule has 2 N–H and O–H groups in total. The maximum Gasteiger partial charge on any atom is 0.262 e. The third-order valence-corrected chi connectivity index (χ3v) is 5.76. The first-order chi connectivity index (χ1) is 15.0. The van der Waals surface area contributed by atoms with Gasteiger partial charge in [0.25, 0.3) is 15.9 Å². The van der Waals surface area contributed by atoms with E-state index in [1.165, 1.54) is 42.5 Å². The van der Waals surface area contributed by atoms with Gasteiger partial charge in [-0.15, -0.1) is 0 Å². The second kappa shape index (κ2) is 10.6. The SMILES string of the molecule is O=C(NCCCCOc1ccccc1)c1cccc(S(=O)(=O)Nc2ccccc2F)c1. The molecule has 0 atom stereocenters. The largest absolute Gasteiger partial charge is 0.494 e. The van der Waals surface area contributed by atoms with Crippen molar-refractivity contribution in [3.8, 4) is 5.75 Å². The summed E-state index contributed by atoms with van der Waals surface area (Å²) in [7, 11) is -4.04. The van der Waals surface area contributed by atoms with E-state index in [4.69, 9.17) is 4.74 Å². The number of hydrogen-bond acceptors (Lipinski definition) is 4. The lowest BCUT2D eigenvalue weighted by atomic mass is 10.2. The Hall–Kier alpha value is -3.39. The van der Waals surface area contributed by atoms with E-state index in [0.29, 0.717) is 19.6 Å². The number of sulfonamides is 1. The summed E-state index contributed by atoms with van der Waals surface area (Å²) in [6, 6.07) is 20.5. The molecule has 3 aromatic carbocycles. The zero-order valence-corrected chi connectivity index (χ0v) is 17.6. The summed E-state index contributed by atoms with van der Waals surface area (Å²) in [4.78, 5) is 12.2. The Morgan fingerprint density at radius 2 is 1.65 bits per heavy atom. The van der Waals surface area contributed by atoms with Crippen LogP contribution in [-0.4, -0.2) is 27.5 Å². The molecule has 0 heterocycles. The lowest BCUT2D eigenvalue weighted by Gasteiger charge is -2.10. The molecule has 0 unspecified atom stereocenters. The fraction of sp³-hybridized carbons (Fsp3) is 0.174. The van der Waals surface area contributed by atoms with E-state index < -0.39 is 15.8 Å². The molecule has 0 radical (unpaired) electrons. The number of rotatable bonds is 10. The summed E-state index contributed by atoms with van der Waals surface area (Å²) in [5.41, 5.74) is 0.0482. The van der Waals surface area contributed by atoms with Crippen molar-refractivity contribution in [2.24, 2.45) is 0 Å². The minimum absolute atomic E-state index is 0.125. The van der Waals surface area contributed by atoms with Crippen molar-refractivity contribution in [1.82, 2.24) is 5.32 Å². The fourth-order valence-electron chi connectivity index (χ4n) is 2.79. The molecule has 0 bridgehead atoms. The van der Waals surface area contributed by atoms with Crippen LogP contribution in [0, 0.1) is 5.82 Å². The molecule has 0 saturated heterocycles. The first kappa shape index (κ1) is 22.3. The number of nitrogens with one attached hydrogen (secondary N) is 2. The van der Waals surface area contributed by atoms with E-state index in [9.17, 15) is 17.6 Å². The number of anilines is 1. The lowest BCUT2D eigenvalue weighted by molar-refractivity contribution is 0.0952. The summed E-state index contributed by atoms with van der Waals surface area (Å²) in [6.07, 6.45) is 1.47. The standard InChI is InChI=1S/C23H23FN2O4S/c24-21-13-4-5-14-22(21)26-31(28,29)20-12-8-9-18(17-20)23(27)25-15-6-7-16-30-19-10-2-1-3-11-19/h1-5,8-14,17,26H,6-7,15-16H2,(H,25,27). The Bertz CT molecular complexity index is 1120. The van der Waals surface area contributed by atoms with E-state index in [1.54, 1.807) is 0 Å². The molecule has 0 aliphatic rings. The maximum absolute atomic E-state index is 13.8. The minimum atomic E-state index is -4.04. The molecule has 6 nitrogen and oxygen atoms in total. The van der Waals surface area contributed by atoms with Crippen molar-refractivity contribution in [1.29, 1.82) is 0 Å². The van der Waals surface area contributed by atoms with Crippen LogP contribution in [0.15, 0.2) is 83.8 Å². The second-order valence-electron chi connectivity index (χ2n) is 6.74. The second-order valence-corrected chi connectivity index (χ2v) is 8.42. The topological polar surface area (TPSA) is 84.5 Å². The van der Waals surface area contributed by atoms with Crippen LogP contribution in [0.2, 0.25) is 0 Å². The number of unbranched alkanes of at least 4 members (excludes halogenated alkanes) is 1. The average molecular weight is 443 g/mol. The van der Waals surface area contributed by atoms with Gasteiger partial charge in [-0.2, -0.15) is 0 Å². The highest BCUT2D eigenvalue weighted by Crippen LogP contribution is 2.19. The molecular weight excluding hydrogens is 419 g/mol. The fourth-order valence-corrected chi connectivity index (χ4v) is 3.90. The van der Waals surface area contributed by atoms with Gasteiger partial charge >= 0.3 is 0 Å². The Labute approximate surface area is 181 Å². The predicted molar refractivity (Wildman–Crippen MR) is 117 cm³/mol. The number of carbonyl (C=O) groups excluding carboxylic acids is 1. The van der Waals surface area contributed by atoms with Crippen LogP contribution in [-0.2, 0) is 10.0 Å². The summed E-state index contributed by atoms with van der Waals surface area (Å²) >= 11 is 0. The molecule has 8 heteroatoms. The van der Waals surface area contributed by atoms with Crippen LogP contribution in [0.25, 0.3) is 0 Å². The van der Waals surface area contributed by atoms with Gasteiger partial charge < -0.3 is 10.1 Å². The van der Waals surface area contributed by atoms with Gasteiger partial charge in [0.1, 0.15) is 11.6 Å². The Kier molecular flexibility index (Phi) is 7.61. The minimum Gasteiger partial charge on any atom is -0.494 e. The van der Waals surface area contributed by atoms with Crippen LogP contribution in [0.1, 0.15) is 23.2 Å². The number of halogens is 1. The Morgan fingerprint density at radius 1 is 0.903 bits per heavy atom. The average Bonchev–Trinajstić information content (AvgIpc) is 2.78. The lowest BCUT2D eigenvalue weighted by Crippen LogP contribution is -2.25. The number of hydrogen-bond donors (Lipinski definition) is 2. The summed E-state index contributed by atoms with van der Waals surface area (Å²) in [6.45, 7) is 0.969. The van der Waals surface area contributed by atoms with Gasteiger partial charge in [-0.25, -0.2) is 12.8 Å². The first-order valence-corrected chi connectivity index (χ1v) is 11.3. The zero-order valence-electron chi connectivity index (χ0n) is 16.8. The number of benzene rings is 3. The van der Waals surface area contributed by atoms with E-state index in [-0.39, 0.29) is 22.1 Å². The van der Waals surface area contributed by atoms with Gasteiger partial charge in [-0.1, -0.05) is 36.4 Å². The van der Waals surface area contributed by atoms with Gasteiger partial charge in [-0.3, -0.25) is 9.52 Å². The van der Waals surface area contributed by atoms with Crippen molar-refractivity contribution in [3.05, 3.63) is 90.2 Å². The molecule has 3 aromatic rings. The normalized spacial score (nSPS) is 11.0. The van der Waals surface area contributed by atoms with Crippen molar-refractivity contribution < 1.29 is 22.3 Å². The van der Waals surface area contributed by atoms with Crippen LogP contribution in [0.4, 0.5) is 10.1 Å². The predicted octanol–water partition coefficient (Wildman–Crippen LogP) is 4.22. The van der Waals surface area contributed by atoms with Crippen LogP contribution in [0.5, 0.6) is 5.75 Å².